The molecule has 0 bridgehead atoms. The van der Waals surface area contributed by atoms with Crippen LogP contribution >= 0.6 is 34.9 Å². The first kappa shape index (κ1) is 15.5. The van der Waals surface area contributed by atoms with Crippen molar-refractivity contribution in [1.82, 2.24) is 19.1 Å². The number of fused-ring (bicyclic) bond motifs is 2. The Kier molecular flexibility index (Phi) is 3.82. The smallest absolute Gasteiger partial charge is 0.203 e. The normalized spacial score (nSPS) is 17.8. The number of aromatic nitrogens is 3. The lowest BCUT2D eigenvalue weighted by Crippen LogP contribution is -2.36. The van der Waals surface area contributed by atoms with E-state index in [0.717, 1.165) is 23.4 Å². The summed E-state index contributed by atoms with van der Waals surface area (Å²) in [5.74, 6) is 0. The largest absolute Gasteiger partial charge is 0.275 e. The fourth-order valence-electron chi connectivity index (χ4n) is 3.53. The maximum Gasteiger partial charge on any atom is 0.203 e. The highest BCUT2D eigenvalue weighted by molar-refractivity contribution is 7.71. The van der Waals surface area contributed by atoms with Crippen molar-refractivity contribution in [2.75, 3.05) is 6.54 Å². The van der Waals surface area contributed by atoms with E-state index >= 15 is 0 Å². The van der Waals surface area contributed by atoms with Gasteiger partial charge < -0.3 is 0 Å². The van der Waals surface area contributed by atoms with Crippen molar-refractivity contribution < 1.29 is 0 Å². The molecule has 1 aliphatic heterocycles. The molecule has 4 aromatic rings. The summed E-state index contributed by atoms with van der Waals surface area (Å²) < 4.78 is 4.66. The predicted octanol–water partition coefficient (Wildman–Crippen LogP) is 4.59. The molecule has 0 aromatic carbocycles. The molecule has 0 saturated heterocycles. The summed E-state index contributed by atoms with van der Waals surface area (Å²) in [4.78, 5) is 5.38. The van der Waals surface area contributed by atoms with Gasteiger partial charge in [-0.25, -0.2) is 4.68 Å². The third-order valence-corrected chi connectivity index (χ3v) is 7.01. The average molecular weight is 385 g/mol. The molecule has 126 valence electrons. The zero-order valence-corrected chi connectivity index (χ0v) is 15.9. The first-order valence-electron chi connectivity index (χ1n) is 8.19. The Bertz CT molecular complexity index is 1070. The lowest BCUT2D eigenvalue weighted by atomic mass is 9.99. The Balaban J connectivity index is 1.56. The molecule has 0 amide bonds. The number of hydrogen-bond acceptors (Lipinski definition) is 5. The van der Waals surface area contributed by atoms with Crippen LogP contribution in [0.1, 0.15) is 21.4 Å². The second kappa shape index (κ2) is 6.17. The molecule has 25 heavy (non-hydrogen) atoms. The van der Waals surface area contributed by atoms with Crippen LogP contribution in [0, 0.1) is 4.77 Å². The van der Waals surface area contributed by atoms with Crippen molar-refractivity contribution in [2.45, 2.75) is 19.1 Å². The summed E-state index contributed by atoms with van der Waals surface area (Å²) >= 11 is 9.33. The topological polar surface area (TPSA) is 25.5 Å². The standard InChI is InChI=1S/C18H16N4S3/c23-18-21-8-2-1-5-16(21)19-22(18)12-20-9-6-14-13(7-11-25-14)17(20)15-4-3-10-24-15/h1-5,7-8,10-11,17H,6,9,12H2/t17-/m1/s1. The molecule has 0 radical (unpaired) electrons. The van der Waals surface area contributed by atoms with Gasteiger partial charge in [0.1, 0.15) is 0 Å². The van der Waals surface area contributed by atoms with Crippen molar-refractivity contribution in [1.29, 1.82) is 0 Å². The second-order valence-electron chi connectivity index (χ2n) is 6.13. The molecule has 4 aromatic heterocycles. The van der Waals surface area contributed by atoms with Crippen molar-refractivity contribution in [3.05, 3.63) is 73.4 Å². The van der Waals surface area contributed by atoms with E-state index in [-0.39, 0.29) is 0 Å². The number of hydrogen-bond donors (Lipinski definition) is 0. The number of pyridine rings is 1. The van der Waals surface area contributed by atoms with Gasteiger partial charge in [0.15, 0.2) is 5.65 Å². The molecule has 0 saturated carbocycles. The SMILES string of the molecule is S=c1n(CN2CCc3sccc3[C@@H]2c2cccs2)nc2ccccn12. The third-order valence-electron chi connectivity index (χ3n) is 4.68. The van der Waals surface area contributed by atoms with Gasteiger partial charge in [0, 0.05) is 22.5 Å². The van der Waals surface area contributed by atoms with E-state index in [1.807, 2.05) is 56.2 Å². The van der Waals surface area contributed by atoms with Gasteiger partial charge >= 0.3 is 0 Å². The average Bonchev–Trinajstić information content (AvgIpc) is 3.36. The van der Waals surface area contributed by atoms with Gasteiger partial charge in [0.25, 0.3) is 0 Å². The van der Waals surface area contributed by atoms with Gasteiger partial charge in [-0.2, -0.15) is 5.10 Å². The van der Waals surface area contributed by atoms with E-state index in [2.05, 4.69) is 33.9 Å². The van der Waals surface area contributed by atoms with Gasteiger partial charge in [0.05, 0.1) is 12.7 Å². The van der Waals surface area contributed by atoms with E-state index in [1.54, 1.807) is 0 Å². The maximum absolute atomic E-state index is 5.64. The Hall–Kier alpha value is -1.80. The van der Waals surface area contributed by atoms with E-state index < -0.39 is 0 Å². The van der Waals surface area contributed by atoms with Gasteiger partial charge in [-0.1, -0.05) is 12.1 Å². The third kappa shape index (κ3) is 2.58. The van der Waals surface area contributed by atoms with Gasteiger partial charge in [-0.15, -0.1) is 22.7 Å². The van der Waals surface area contributed by atoms with Crippen LogP contribution in [0.5, 0.6) is 0 Å². The van der Waals surface area contributed by atoms with Gasteiger partial charge in [-0.05, 0) is 59.2 Å². The minimum absolute atomic E-state index is 0.293. The summed E-state index contributed by atoms with van der Waals surface area (Å²) in [6.07, 6.45) is 3.07. The zero-order valence-electron chi connectivity index (χ0n) is 13.4. The maximum atomic E-state index is 5.64. The summed E-state index contributed by atoms with van der Waals surface area (Å²) in [6, 6.07) is 12.9. The minimum Gasteiger partial charge on any atom is -0.275 e. The number of nitrogens with zero attached hydrogens (tertiary/aromatic N) is 4. The predicted molar refractivity (Wildman–Crippen MR) is 105 cm³/mol. The lowest BCUT2D eigenvalue weighted by Gasteiger charge is -2.35. The monoisotopic (exact) mass is 384 g/mol. The van der Waals surface area contributed by atoms with Crippen LogP contribution in [0.15, 0.2) is 53.4 Å². The fourth-order valence-corrected chi connectivity index (χ4v) is 5.57. The van der Waals surface area contributed by atoms with Crippen LogP contribution < -0.4 is 0 Å². The molecule has 5 heterocycles. The summed E-state index contributed by atoms with van der Waals surface area (Å²) in [5, 5.41) is 9.08. The summed E-state index contributed by atoms with van der Waals surface area (Å²) in [6.45, 7) is 1.73. The molecule has 0 aliphatic carbocycles. The van der Waals surface area contributed by atoms with Crippen LogP contribution in [0.3, 0.4) is 0 Å². The molecule has 1 aliphatic rings. The summed E-state index contributed by atoms with van der Waals surface area (Å²) in [5.41, 5.74) is 2.34. The molecule has 7 heteroatoms. The van der Waals surface area contributed by atoms with E-state index in [0.29, 0.717) is 12.7 Å². The number of thiophene rings is 2. The highest BCUT2D eigenvalue weighted by Gasteiger charge is 2.30. The Morgan fingerprint density at radius 1 is 1.12 bits per heavy atom. The van der Waals surface area contributed by atoms with Crippen LogP contribution in [0.4, 0.5) is 0 Å². The van der Waals surface area contributed by atoms with E-state index in [1.165, 1.54) is 15.3 Å². The van der Waals surface area contributed by atoms with Gasteiger partial charge in [-0.3, -0.25) is 9.30 Å². The van der Waals surface area contributed by atoms with Crippen molar-refractivity contribution in [3.8, 4) is 0 Å². The first-order chi connectivity index (χ1) is 12.3. The Labute approximate surface area is 158 Å². The number of rotatable bonds is 3. The highest BCUT2D eigenvalue weighted by Crippen LogP contribution is 2.39. The molecule has 5 rings (SSSR count). The quantitative estimate of drug-likeness (QED) is 0.483. The van der Waals surface area contributed by atoms with E-state index in [4.69, 9.17) is 17.3 Å². The lowest BCUT2D eigenvalue weighted by molar-refractivity contribution is 0.159. The first-order valence-corrected chi connectivity index (χ1v) is 10.4. The molecule has 0 unspecified atom stereocenters. The van der Waals surface area contributed by atoms with E-state index in [9.17, 15) is 0 Å². The molecule has 0 N–H and O–H groups in total. The van der Waals surface area contributed by atoms with Crippen LogP contribution in [-0.4, -0.2) is 25.6 Å². The highest BCUT2D eigenvalue weighted by atomic mass is 32.1. The molecular formula is C18H16N4S3. The fraction of sp³-hybridized carbons (Fsp3) is 0.222. The molecule has 0 fully saturated rings. The van der Waals surface area contributed by atoms with Crippen LogP contribution in [0.25, 0.3) is 5.65 Å². The second-order valence-corrected chi connectivity index (χ2v) is 8.48. The minimum atomic E-state index is 0.293. The molecule has 0 spiro atoms. The molecule has 4 nitrogen and oxygen atoms in total. The Morgan fingerprint density at radius 3 is 2.92 bits per heavy atom. The van der Waals surface area contributed by atoms with Gasteiger partial charge in [0.2, 0.25) is 4.77 Å². The molecule has 1 atom stereocenters. The van der Waals surface area contributed by atoms with Crippen molar-refractivity contribution >= 4 is 40.5 Å². The Morgan fingerprint density at radius 2 is 2.08 bits per heavy atom. The summed E-state index contributed by atoms with van der Waals surface area (Å²) in [7, 11) is 0. The van der Waals surface area contributed by atoms with Crippen LogP contribution in [-0.2, 0) is 13.1 Å². The van der Waals surface area contributed by atoms with Crippen molar-refractivity contribution in [3.63, 3.8) is 0 Å². The van der Waals surface area contributed by atoms with Crippen molar-refractivity contribution in [2.24, 2.45) is 0 Å². The van der Waals surface area contributed by atoms with Crippen LogP contribution in [0.2, 0.25) is 0 Å². The zero-order chi connectivity index (χ0) is 16.8. The molecular weight excluding hydrogens is 368 g/mol.